The van der Waals surface area contributed by atoms with E-state index < -0.39 is 0 Å². The predicted molar refractivity (Wildman–Crippen MR) is 37.6 cm³/mol. The fourth-order valence-electron chi connectivity index (χ4n) is 2.54. The van der Waals surface area contributed by atoms with Crippen LogP contribution in [0.1, 0.15) is 19.3 Å². The van der Waals surface area contributed by atoms with Crippen molar-refractivity contribution in [2.24, 2.45) is 11.8 Å². The lowest BCUT2D eigenvalue weighted by Crippen LogP contribution is -2.33. The van der Waals surface area contributed by atoms with Gasteiger partial charge in [0.05, 0.1) is 12.2 Å². The van der Waals surface area contributed by atoms with Crippen LogP contribution in [0.25, 0.3) is 0 Å². The third-order valence-electron chi connectivity index (χ3n) is 3.07. The maximum absolute atomic E-state index is 9.55. The van der Waals surface area contributed by atoms with Crippen molar-refractivity contribution in [3.63, 3.8) is 0 Å². The van der Waals surface area contributed by atoms with Crippen molar-refractivity contribution in [2.75, 3.05) is 7.11 Å². The molecule has 2 fully saturated rings. The number of aliphatic hydroxyl groups excluding tert-OH is 1. The molecular weight excluding hydrogens is 128 g/mol. The quantitative estimate of drug-likeness (QED) is 0.586. The first-order valence-corrected chi connectivity index (χ1v) is 4.04. The highest BCUT2D eigenvalue weighted by atomic mass is 16.5. The Labute approximate surface area is 61.2 Å². The van der Waals surface area contributed by atoms with Gasteiger partial charge in [0.25, 0.3) is 0 Å². The summed E-state index contributed by atoms with van der Waals surface area (Å²) < 4.78 is 5.21. The Hall–Kier alpha value is -0.0800. The third kappa shape index (κ3) is 0.722. The molecule has 0 unspecified atom stereocenters. The van der Waals surface area contributed by atoms with E-state index in [4.69, 9.17) is 4.74 Å². The van der Waals surface area contributed by atoms with E-state index in [1.165, 1.54) is 19.3 Å². The molecule has 0 spiro atoms. The summed E-state index contributed by atoms with van der Waals surface area (Å²) in [6.07, 6.45) is 3.66. The van der Waals surface area contributed by atoms with E-state index in [-0.39, 0.29) is 12.2 Å². The summed E-state index contributed by atoms with van der Waals surface area (Å²) in [7, 11) is 1.70. The lowest BCUT2D eigenvalue weighted by molar-refractivity contribution is -0.0426. The lowest BCUT2D eigenvalue weighted by atomic mass is 9.95. The highest BCUT2D eigenvalue weighted by Crippen LogP contribution is 2.45. The number of ether oxygens (including phenoxy) is 1. The smallest absolute Gasteiger partial charge is 0.0861 e. The molecule has 2 nitrogen and oxygen atoms in total. The van der Waals surface area contributed by atoms with Gasteiger partial charge in [0.15, 0.2) is 0 Å². The predicted octanol–water partition coefficient (Wildman–Crippen LogP) is 0.792. The molecule has 2 saturated carbocycles. The van der Waals surface area contributed by atoms with E-state index in [1.807, 2.05) is 0 Å². The number of methoxy groups -OCH3 is 1. The molecule has 2 aliphatic carbocycles. The second-order valence-corrected chi connectivity index (χ2v) is 3.52. The Bertz CT molecular complexity index is 133. The summed E-state index contributed by atoms with van der Waals surface area (Å²) in [5, 5.41) is 9.55. The fourth-order valence-corrected chi connectivity index (χ4v) is 2.54. The van der Waals surface area contributed by atoms with Crippen molar-refractivity contribution >= 4 is 0 Å². The van der Waals surface area contributed by atoms with E-state index in [1.54, 1.807) is 7.11 Å². The zero-order valence-corrected chi connectivity index (χ0v) is 6.29. The minimum atomic E-state index is -0.163. The van der Waals surface area contributed by atoms with Crippen molar-refractivity contribution in [1.29, 1.82) is 0 Å². The van der Waals surface area contributed by atoms with Crippen LogP contribution in [0, 0.1) is 11.8 Å². The van der Waals surface area contributed by atoms with Gasteiger partial charge in [-0.3, -0.25) is 0 Å². The van der Waals surface area contributed by atoms with Crippen LogP contribution in [-0.4, -0.2) is 24.4 Å². The van der Waals surface area contributed by atoms with Crippen molar-refractivity contribution in [2.45, 2.75) is 31.5 Å². The molecule has 0 saturated heterocycles. The number of rotatable bonds is 1. The zero-order valence-electron chi connectivity index (χ0n) is 6.29. The molecule has 10 heavy (non-hydrogen) atoms. The van der Waals surface area contributed by atoms with Gasteiger partial charge in [-0.25, -0.2) is 0 Å². The average molecular weight is 142 g/mol. The number of hydrogen-bond donors (Lipinski definition) is 1. The van der Waals surface area contributed by atoms with Crippen LogP contribution < -0.4 is 0 Å². The normalized spacial score (nSPS) is 52.2. The number of hydrogen-bond acceptors (Lipinski definition) is 2. The van der Waals surface area contributed by atoms with Gasteiger partial charge >= 0.3 is 0 Å². The monoisotopic (exact) mass is 142 g/mol. The maximum atomic E-state index is 9.55. The molecule has 1 N–H and O–H groups in total. The van der Waals surface area contributed by atoms with Crippen LogP contribution in [0.15, 0.2) is 0 Å². The number of fused-ring (bicyclic) bond motifs is 2. The molecule has 0 amide bonds. The topological polar surface area (TPSA) is 29.5 Å². The van der Waals surface area contributed by atoms with Crippen molar-refractivity contribution < 1.29 is 9.84 Å². The largest absolute Gasteiger partial charge is 0.390 e. The molecule has 0 radical (unpaired) electrons. The van der Waals surface area contributed by atoms with Gasteiger partial charge < -0.3 is 9.84 Å². The van der Waals surface area contributed by atoms with E-state index in [9.17, 15) is 5.11 Å². The summed E-state index contributed by atoms with van der Waals surface area (Å²) in [5.41, 5.74) is 0. The molecule has 2 heteroatoms. The SMILES string of the molecule is CO[C@@H]1[C@H]2CC[C@H](C2)[C@@H]1O. The zero-order chi connectivity index (χ0) is 7.14. The van der Waals surface area contributed by atoms with E-state index in [2.05, 4.69) is 0 Å². The van der Waals surface area contributed by atoms with Crippen LogP contribution in [0.2, 0.25) is 0 Å². The summed E-state index contributed by atoms with van der Waals surface area (Å²) >= 11 is 0. The van der Waals surface area contributed by atoms with Gasteiger partial charge in [0.1, 0.15) is 0 Å². The Morgan fingerprint density at radius 1 is 1.30 bits per heavy atom. The standard InChI is InChI=1S/C8H14O2/c1-10-8-6-3-2-5(4-6)7(8)9/h5-9H,2-4H2,1H3/t5-,6+,7+,8-/m1/s1. The van der Waals surface area contributed by atoms with Gasteiger partial charge in [0.2, 0.25) is 0 Å². The molecule has 4 atom stereocenters. The second kappa shape index (κ2) is 2.21. The molecule has 2 bridgehead atoms. The molecule has 2 rings (SSSR count). The highest BCUT2D eigenvalue weighted by molar-refractivity contribution is 4.97. The minimum Gasteiger partial charge on any atom is -0.390 e. The first kappa shape index (κ1) is 6.62. The molecular formula is C8H14O2. The van der Waals surface area contributed by atoms with Gasteiger partial charge in [-0.2, -0.15) is 0 Å². The summed E-state index contributed by atoms with van der Waals surface area (Å²) in [6.45, 7) is 0. The Morgan fingerprint density at radius 2 is 2.00 bits per heavy atom. The second-order valence-electron chi connectivity index (χ2n) is 3.52. The summed E-state index contributed by atoms with van der Waals surface area (Å²) in [5.74, 6) is 1.21. The van der Waals surface area contributed by atoms with Gasteiger partial charge in [-0.15, -0.1) is 0 Å². The average Bonchev–Trinajstić information content (AvgIpc) is 2.46. The maximum Gasteiger partial charge on any atom is 0.0861 e. The Balaban J connectivity index is 2.10. The van der Waals surface area contributed by atoms with Crippen LogP contribution in [0.4, 0.5) is 0 Å². The Morgan fingerprint density at radius 3 is 2.40 bits per heavy atom. The van der Waals surface area contributed by atoms with Gasteiger partial charge in [0, 0.05) is 7.11 Å². The van der Waals surface area contributed by atoms with Gasteiger partial charge in [-0.05, 0) is 31.1 Å². The molecule has 2 aliphatic rings. The highest BCUT2D eigenvalue weighted by Gasteiger charge is 2.46. The van der Waals surface area contributed by atoms with Gasteiger partial charge in [-0.1, -0.05) is 0 Å². The van der Waals surface area contributed by atoms with Crippen molar-refractivity contribution in [3.8, 4) is 0 Å². The lowest BCUT2D eigenvalue weighted by Gasteiger charge is -2.25. The molecule has 0 aliphatic heterocycles. The molecule has 0 aromatic carbocycles. The minimum absolute atomic E-state index is 0.152. The van der Waals surface area contributed by atoms with E-state index in [0.29, 0.717) is 11.8 Å². The third-order valence-corrected chi connectivity index (χ3v) is 3.07. The summed E-state index contributed by atoms with van der Waals surface area (Å²) in [6, 6.07) is 0. The van der Waals surface area contributed by atoms with Crippen molar-refractivity contribution in [1.82, 2.24) is 0 Å². The van der Waals surface area contributed by atoms with Crippen LogP contribution >= 0.6 is 0 Å². The van der Waals surface area contributed by atoms with Crippen molar-refractivity contribution in [3.05, 3.63) is 0 Å². The summed E-state index contributed by atoms with van der Waals surface area (Å²) in [4.78, 5) is 0. The van der Waals surface area contributed by atoms with E-state index >= 15 is 0 Å². The Kier molecular flexibility index (Phi) is 1.46. The molecule has 0 heterocycles. The molecule has 0 aromatic rings. The molecule has 58 valence electrons. The van der Waals surface area contributed by atoms with Crippen LogP contribution in [-0.2, 0) is 4.74 Å². The number of aliphatic hydroxyl groups is 1. The van der Waals surface area contributed by atoms with E-state index in [0.717, 1.165) is 0 Å². The fraction of sp³-hybridized carbons (Fsp3) is 1.00. The van der Waals surface area contributed by atoms with Crippen LogP contribution in [0.3, 0.4) is 0 Å². The van der Waals surface area contributed by atoms with Crippen LogP contribution in [0.5, 0.6) is 0 Å². The first-order valence-electron chi connectivity index (χ1n) is 4.04. The molecule has 0 aromatic heterocycles. The first-order chi connectivity index (χ1) is 4.83.